The molecule has 0 atom stereocenters. The number of benzene rings is 1. The molecule has 1 heterocycles. The van der Waals surface area contributed by atoms with E-state index in [0.29, 0.717) is 16.6 Å². The summed E-state index contributed by atoms with van der Waals surface area (Å²) in [6.45, 7) is 0. The standard InChI is InChI=1S/C16H11N3OS/c1-2-10-21-16-18-14(13(11-17)15(20)19-16)9-8-12-6-4-3-5-7-12/h1,3-9H,10H2,(H,18,19,20)/b9-8+. The average molecular weight is 293 g/mol. The Balaban J connectivity index is 2.39. The zero-order valence-corrected chi connectivity index (χ0v) is 11.9. The highest BCUT2D eigenvalue weighted by Gasteiger charge is 2.08. The topological polar surface area (TPSA) is 69.5 Å². The summed E-state index contributed by atoms with van der Waals surface area (Å²) < 4.78 is 0. The molecule has 0 unspecified atom stereocenters. The number of rotatable bonds is 4. The van der Waals surface area contributed by atoms with Crippen molar-refractivity contribution in [3.05, 3.63) is 57.5 Å². The molecule has 0 bridgehead atoms. The number of nitriles is 1. The van der Waals surface area contributed by atoms with Gasteiger partial charge in [-0.15, -0.1) is 6.42 Å². The van der Waals surface area contributed by atoms with E-state index in [2.05, 4.69) is 15.9 Å². The van der Waals surface area contributed by atoms with Gasteiger partial charge in [0.15, 0.2) is 5.16 Å². The number of hydrogen-bond donors (Lipinski definition) is 1. The molecule has 102 valence electrons. The molecule has 0 fully saturated rings. The predicted molar refractivity (Wildman–Crippen MR) is 84.5 cm³/mol. The van der Waals surface area contributed by atoms with Crippen LogP contribution in [0.25, 0.3) is 12.2 Å². The lowest BCUT2D eigenvalue weighted by Crippen LogP contribution is -2.15. The summed E-state index contributed by atoms with van der Waals surface area (Å²) in [4.78, 5) is 18.7. The van der Waals surface area contributed by atoms with Crippen LogP contribution in [-0.2, 0) is 0 Å². The molecule has 1 N–H and O–H groups in total. The third-order valence-electron chi connectivity index (χ3n) is 2.56. The Hall–Kier alpha value is -2.76. The van der Waals surface area contributed by atoms with Gasteiger partial charge < -0.3 is 4.98 Å². The molecule has 21 heavy (non-hydrogen) atoms. The summed E-state index contributed by atoms with van der Waals surface area (Å²) in [6, 6.07) is 11.4. The van der Waals surface area contributed by atoms with Crippen molar-refractivity contribution in [1.82, 2.24) is 9.97 Å². The van der Waals surface area contributed by atoms with Crippen LogP contribution >= 0.6 is 11.8 Å². The molecule has 2 aromatic rings. The van der Waals surface area contributed by atoms with Crippen LogP contribution < -0.4 is 5.56 Å². The molecular weight excluding hydrogens is 282 g/mol. The zero-order chi connectivity index (χ0) is 15.1. The molecule has 0 saturated carbocycles. The van der Waals surface area contributed by atoms with Gasteiger partial charge in [0.05, 0.1) is 11.4 Å². The average Bonchev–Trinajstić information content (AvgIpc) is 2.51. The van der Waals surface area contributed by atoms with Crippen LogP contribution in [0.1, 0.15) is 16.8 Å². The van der Waals surface area contributed by atoms with Gasteiger partial charge in [-0.2, -0.15) is 5.26 Å². The number of hydrogen-bond acceptors (Lipinski definition) is 4. The van der Waals surface area contributed by atoms with Crippen molar-refractivity contribution in [2.24, 2.45) is 0 Å². The maximum atomic E-state index is 11.8. The minimum atomic E-state index is -0.459. The third-order valence-corrected chi connectivity index (χ3v) is 3.34. The molecule has 0 spiro atoms. The van der Waals surface area contributed by atoms with E-state index in [0.717, 1.165) is 5.56 Å². The molecular formula is C16H11N3OS. The molecule has 1 aromatic heterocycles. The summed E-state index contributed by atoms with van der Waals surface area (Å²) in [5, 5.41) is 9.49. The van der Waals surface area contributed by atoms with E-state index >= 15 is 0 Å². The van der Waals surface area contributed by atoms with Crippen molar-refractivity contribution in [1.29, 1.82) is 5.26 Å². The van der Waals surface area contributed by atoms with E-state index in [1.165, 1.54) is 11.8 Å². The summed E-state index contributed by atoms with van der Waals surface area (Å²) in [7, 11) is 0. The lowest BCUT2D eigenvalue weighted by molar-refractivity contribution is 0.922. The Kier molecular flexibility index (Phi) is 4.98. The van der Waals surface area contributed by atoms with E-state index in [4.69, 9.17) is 11.7 Å². The quantitative estimate of drug-likeness (QED) is 0.534. The Bertz CT molecular complexity index is 795. The van der Waals surface area contributed by atoms with Crippen molar-refractivity contribution in [3.63, 3.8) is 0 Å². The largest absolute Gasteiger partial charge is 0.300 e. The van der Waals surface area contributed by atoms with Gasteiger partial charge >= 0.3 is 0 Å². The van der Waals surface area contributed by atoms with Crippen LogP contribution in [0.4, 0.5) is 0 Å². The number of nitrogens with one attached hydrogen (secondary N) is 1. The third kappa shape index (κ3) is 3.85. The highest BCUT2D eigenvalue weighted by molar-refractivity contribution is 7.99. The smallest absolute Gasteiger partial charge is 0.270 e. The lowest BCUT2D eigenvalue weighted by Gasteiger charge is -2.01. The first-order valence-electron chi connectivity index (χ1n) is 6.08. The molecule has 0 aliphatic carbocycles. The SMILES string of the molecule is C#CCSc1nc(/C=C/c2ccccc2)c(C#N)c(=O)[nH]1. The summed E-state index contributed by atoms with van der Waals surface area (Å²) in [5.41, 5.74) is 0.831. The van der Waals surface area contributed by atoms with Crippen LogP contribution in [0, 0.1) is 23.7 Å². The Morgan fingerprint density at radius 1 is 1.33 bits per heavy atom. The molecule has 2 rings (SSSR count). The highest BCUT2D eigenvalue weighted by atomic mass is 32.2. The first kappa shape index (κ1) is 14.6. The van der Waals surface area contributed by atoms with Crippen LogP contribution in [0.5, 0.6) is 0 Å². The normalized spacial score (nSPS) is 10.2. The molecule has 0 saturated heterocycles. The van der Waals surface area contributed by atoms with Gasteiger partial charge in [-0.3, -0.25) is 4.79 Å². The molecule has 0 radical (unpaired) electrons. The van der Waals surface area contributed by atoms with Crippen molar-refractivity contribution in [2.45, 2.75) is 5.16 Å². The van der Waals surface area contributed by atoms with E-state index in [1.54, 1.807) is 12.2 Å². The van der Waals surface area contributed by atoms with Gasteiger partial charge in [0.1, 0.15) is 11.6 Å². The number of thioether (sulfide) groups is 1. The fraction of sp³-hybridized carbons (Fsp3) is 0.0625. The van der Waals surface area contributed by atoms with E-state index < -0.39 is 5.56 Å². The van der Waals surface area contributed by atoms with Crippen LogP contribution in [0.15, 0.2) is 40.3 Å². The molecule has 1 aromatic carbocycles. The highest BCUT2D eigenvalue weighted by Crippen LogP contribution is 2.14. The van der Waals surface area contributed by atoms with E-state index in [1.807, 2.05) is 36.4 Å². The Labute approximate surface area is 126 Å². The number of aromatic amines is 1. The number of aromatic nitrogens is 2. The fourth-order valence-electron chi connectivity index (χ4n) is 1.62. The molecule has 0 aliphatic rings. The summed E-state index contributed by atoms with van der Waals surface area (Å²) >= 11 is 1.24. The van der Waals surface area contributed by atoms with Gasteiger partial charge in [0, 0.05) is 0 Å². The van der Waals surface area contributed by atoms with Gasteiger partial charge in [-0.1, -0.05) is 54.1 Å². The zero-order valence-electron chi connectivity index (χ0n) is 11.0. The second-order valence-corrected chi connectivity index (χ2v) is 4.94. The van der Waals surface area contributed by atoms with E-state index in [-0.39, 0.29) is 5.56 Å². The first-order chi connectivity index (χ1) is 10.2. The second-order valence-electron chi connectivity index (χ2n) is 3.98. The Morgan fingerprint density at radius 2 is 2.10 bits per heavy atom. The van der Waals surface area contributed by atoms with Gasteiger partial charge in [0.25, 0.3) is 5.56 Å². The van der Waals surface area contributed by atoms with Crippen molar-refractivity contribution < 1.29 is 0 Å². The Morgan fingerprint density at radius 3 is 2.76 bits per heavy atom. The van der Waals surface area contributed by atoms with Gasteiger partial charge in [0.2, 0.25) is 0 Å². The van der Waals surface area contributed by atoms with Crippen molar-refractivity contribution in [2.75, 3.05) is 5.75 Å². The van der Waals surface area contributed by atoms with Crippen LogP contribution in [0.2, 0.25) is 0 Å². The minimum absolute atomic E-state index is 0.00719. The van der Waals surface area contributed by atoms with Crippen molar-refractivity contribution >= 4 is 23.9 Å². The monoisotopic (exact) mass is 293 g/mol. The van der Waals surface area contributed by atoms with Gasteiger partial charge in [-0.25, -0.2) is 4.98 Å². The maximum absolute atomic E-state index is 11.8. The molecule has 0 amide bonds. The van der Waals surface area contributed by atoms with Crippen LogP contribution in [-0.4, -0.2) is 15.7 Å². The number of terminal acetylenes is 1. The fourth-order valence-corrected chi connectivity index (χ4v) is 2.16. The first-order valence-corrected chi connectivity index (χ1v) is 7.07. The molecule has 0 aliphatic heterocycles. The minimum Gasteiger partial charge on any atom is -0.300 e. The summed E-state index contributed by atoms with van der Waals surface area (Å²) in [5.74, 6) is 2.86. The van der Waals surface area contributed by atoms with Gasteiger partial charge in [-0.05, 0) is 11.6 Å². The lowest BCUT2D eigenvalue weighted by atomic mass is 10.1. The molecule has 4 nitrogen and oxygen atoms in total. The number of nitrogens with zero attached hydrogens (tertiary/aromatic N) is 2. The van der Waals surface area contributed by atoms with E-state index in [9.17, 15) is 4.79 Å². The number of H-pyrrole nitrogens is 1. The predicted octanol–water partition coefficient (Wildman–Crippen LogP) is 2.54. The second kappa shape index (κ2) is 7.14. The molecule has 5 heteroatoms. The summed E-state index contributed by atoms with van der Waals surface area (Å²) in [6.07, 6.45) is 8.65. The van der Waals surface area contributed by atoms with Crippen molar-refractivity contribution in [3.8, 4) is 18.4 Å². The van der Waals surface area contributed by atoms with Crippen LogP contribution in [0.3, 0.4) is 0 Å². The maximum Gasteiger partial charge on any atom is 0.270 e.